The quantitative estimate of drug-likeness (QED) is 0.542. The highest BCUT2D eigenvalue weighted by Crippen LogP contribution is 2.24. The first-order valence-corrected chi connectivity index (χ1v) is 12.6. The minimum Gasteiger partial charge on any atom is -0.472 e. The first kappa shape index (κ1) is 23.7. The number of rotatable bonds is 7. The lowest BCUT2D eigenvalue weighted by Gasteiger charge is -2.33. The van der Waals surface area contributed by atoms with Crippen LogP contribution in [0.4, 0.5) is 10.1 Å². The number of benzene rings is 2. The summed E-state index contributed by atoms with van der Waals surface area (Å²) >= 11 is 0. The molecule has 2 aromatic carbocycles. The molecule has 4 rings (SSSR count). The zero-order chi connectivity index (χ0) is 24.1. The van der Waals surface area contributed by atoms with Gasteiger partial charge in [0.1, 0.15) is 11.9 Å². The molecule has 0 aliphatic carbocycles. The van der Waals surface area contributed by atoms with Gasteiger partial charge in [-0.05, 0) is 61.2 Å². The van der Waals surface area contributed by atoms with E-state index in [1.807, 2.05) is 12.1 Å². The number of nitrogens with zero attached hydrogens (tertiary/aromatic N) is 2. The average molecular weight is 484 g/mol. The number of nitrogens with one attached hydrogen (secondary N) is 1. The van der Waals surface area contributed by atoms with E-state index in [0.29, 0.717) is 19.0 Å². The van der Waals surface area contributed by atoms with E-state index in [9.17, 15) is 17.6 Å². The second-order valence-electron chi connectivity index (χ2n) is 8.10. The Morgan fingerprint density at radius 3 is 2.62 bits per heavy atom. The number of carbonyl (C=O) groups is 1. The molecule has 0 radical (unpaired) electrons. The molecule has 0 bridgehead atoms. The number of pyridine rings is 1. The number of ether oxygens (including phenoxy) is 1. The van der Waals surface area contributed by atoms with Gasteiger partial charge >= 0.3 is 0 Å². The molecular weight excluding hydrogens is 457 g/mol. The smallest absolute Gasteiger partial charge is 0.261 e. The molecule has 0 spiro atoms. The van der Waals surface area contributed by atoms with Gasteiger partial charge in [0.15, 0.2) is 0 Å². The van der Waals surface area contributed by atoms with Gasteiger partial charge in [0.2, 0.25) is 5.88 Å². The SMILES string of the molecule is CCc1ccc(OC2CCCN(C(=O)c3ccccc3NS(=O)(=O)c3ccc(F)cc3)C2)nc1. The topological polar surface area (TPSA) is 88.6 Å². The van der Waals surface area contributed by atoms with Gasteiger partial charge in [-0.25, -0.2) is 17.8 Å². The highest BCUT2D eigenvalue weighted by molar-refractivity contribution is 7.92. The maximum Gasteiger partial charge on any atom is 0.261 e. The zero-order valence-corrected chi connectivity index (χ0v) is 19.6. The van der Waals surface area contributed by atoms with Gasteiger partial charge < -0.3 is 9.64 Å². The van der Waals surface area contributed by atoms with Crippen LogP contribution in [0.25, 0.3) is 0 Å². The van der Waals surface area contributed by atoms with Crippen LogP contribution in [-0.4, -0.2) is 43.4 Å². The summed E-state index contributed by atoms with van der Waals surface area (Å²) in [5, 5.41) is 0. The number of para-hydroxylation sites is 1. The average Bonchev–Trinajstić information content (AvgIpc) is 2.85. The van der Waals surface area contributed by atoms with E-state index in [1.54, 1.807) is 29.3 Å². The van der Waals surface area contributed by atoms with Crippen LogP contribution in [0.2, 0.25) is 0 Å². The van der Waals surface area contributed by atoms with E-state index in [4.69, 9.17) is 4.74 Å². The summed E-state index contributed by atoms with van der Waals surface area (Å²) < 4.78 is 47.2. The second-order valence-corrected chi connectivity index (χ2v) is 9.78. The summed E-state index contributed by atoms with van der Waals surface area (Å²) in [5.41, 5.74) is 1.52. The molecule has 7 nitrogen and oxygen atoms in total. The predicted octanol–water partition coefficient (Wildman–Crippen LogP) is 4.27. The maximum absolute atomic E-state index is 13.3. The number of carbonyl (C=O) groups excluding carboxylic acids is 1. The Morgan fingerprint density at radius 1 is 1.15 bits per heavy atom. The van der Waals surface area contributed by atoms with Crippen LogP contribution in [0.3, 0.4) is 0 Å². The Hall–Kier alpha value is -3.46. The minimum absolute atomic E-state index is 0.0934. The molecule has 1 saturated heterocycles. The molecular formula is C25H26FN3O4S. The number of piperidine rings is 1. The van der Waals surface area contributed by atoms with Crippen LogP contribution in [-0.2, 0) is 16.4 Å². The number of likely N-dealkylation sites (tertiary alicyclic amines) is 1. The van der Waals surface area contributed by atoms with Crippen LogP contribution >= 0.6 is 0 Å². The van der Waals surface area contributed by atoms with Gasteiger partial charge in [0.05, 0.1) is 22.7 Å². The van der Waals surface area contributed by atoms with Crippen molar-refractivity contribution >= 4 is 21.6 Å². The monoisotopic (exact) mass is 483 g/mol. The summed E-state index contributed by atoms with van der Waals surface area (Å²) in [7, 11) is -3.99. The summed E-state index contributed by atoms with van der Waals surface area (Å²) in [6, 6.07) is 14.7. The maximum atomic E-state index is 13.3. The normalized spacial score (nSPS) is 16.2. The van der Waals surface area contributed by atoms with Crippen LogP contribution in [0.1, 0.15) is 35.7 Å². The fourth-order valence-corrected chi connectivity index (χ4v) is 4.91. The van der Waals surface area contributed by atoms with E-state index in [-0.39, 0.29) is 28.2 Å². The van der Waals surface area contributed by atoms with E-state index in [2.05, 4.69) is 16.6 Å². The van der Waals surface area contributed by atoms with Crippen LogP contribution < -0.4 is 9.46 Å². The first-order chi connectivity index (χ1) is 16.4. The molecule has 1 aliphatic heterocycles. The first-order valence-electron chi connectivity index (χ1n) is 11.1. The standard InChI is InChI=1S/C25H26FN3O4S/c1-2-18-9-14-24(27-16-18)33-20-6-5-15-29(17-20)25(30)22-7-3-4-8-23(22)28-34(31,32)21-12-10-19(26)11-13-21/h3-4,7-14,16,20,28H,2,5-6,15,17H2,1H3. The number of sulfonamides is 1. The molecule has 34 heavy (non-hydrogen) atoms. The van der Waals surface area contributed by atoms with E-state index in [1.165, 1.54) is 18.2 Å². The number of aryl methyl sites for hydroxylation is 1. The Balaban J connectivity index is 1.48. The van der Waals surface area contributed by atoms with Crippen molar-refractivity contribution in [2.24, 2.45) is 0 Å². The Kier molecular flexibility index (Phi) is 7.12. The minimum atomic E-state index is -3.99. The zero-order valence-electron chi connectivity index (χ0n) is 18.8. The molecule has 1 aliphatic rings. The van der Waals surface area contributed by atoms with Crippen molar-refractivity contribution in [3.05, 3.63) is 83.8 Å². The van der Waals surface area contributed by atoms with Crippen LogP contribution in [0, 0.1) is 5.82 Å². The van der Waals surface area contributed by atoms with Gasteiger partial charge in [-0.2, -0.15) is 0 Å². The van der Waals surface area contributed by atoms with Crippen molar-refractivity contribution in [2.75, 3.05) is 17.8 Å². The Labute approximate surface area is 198 Å². The second kappa shape index (κ2) is 10.2. The number of amides is 1. The summed E-state index contributed by atoms with van der Waals surface area (Å²) in [5.74, 6) is -0.308. The van der Waals surface area contributed by atoms with Crippen molar-refractivity contribution in [3.8, 4) is 5.88 Å². The molecule has 1 fully saturated rings. The molecule has 1 amide bonds. The molecule has 1 aromatic heterocycles. The number of anilines is 1. The van der Waals surface area contributed by atoms with Crippen molar-refractivity contribution in [1.29, 1.82) is 0 Å². The summed E-state index contributed by atoms with van der Waals surface area (Å²) in [6.45, 7) is 2.97. The van der Waals surface area contributed by atoms with E-state index in [0.717, 1.165) is 37.0 Å². The third-order valence-corrected chi connectivity index (χ3v) is 7.07. The molecule has 1 atom stereocenters. The molecule has 1 unspecified atom stereocenters. The lowest BCUT2D eigenvalue weighted by Crippen LogP contribution is -2.44. The number of halogens is 1. The molecule has 1 N–H and O–H groups in total. The number of hydrogen-bond donors (Lipinski definition) is 1. The summed E-state index contributed by atoms with van der Waals surface area (Å²) in [6.07, 6.45) is 4.02. The van der Waals surface area contributed by atoms with Crippen LogP contribution in [0.5, 0.6) is 5.88 Å². The van der Waals surface area contributed by atoms with Gasteiger partial charge in [0, 0.05) is 18.8 Å². The van der Waals surface area contributed by atoms with Crippen molar-refractivity contribution in [2.45, 2.75) is 37.2 Å². The Bertz CT molecular complexity index is 1250. The highest BCUT2D eigenvalue weighted by Gasteiger charge is 2.28. The van der Waals surface area contributed by atoms with Crippen molar-refractivity contribution in [1.82, 2.24) is 9.88 Å². The van der Waals surface area contributed by atoms with Gasteiger partial charge in [-0.15, -0.1) is 0 Å². The lowest BCUT2D eigenvalue weighted by molar-refractivity contribution is 0.0528. The van der Waals surface area contributed by atoms with Gasteiger partial charge in [0.25, 0.3) is 15.9 Å². The largest absolute Gasteiger partial charge is 0.472 e. The van der Waals surface area contributed by atoms with Crippen molar-refractivity contribution in [3.63, 3.8) is 0 Å². The van der Waals surface area contributed by atoms with E-state index >= 15 is 0 Å². The van der Waals surface area contributed by atoms with Crippen molar-refractivity contribution < 1.29 is 22.3 Å². The molecule has 3 aromatic rings. The highest BCUT2D eigenvalue weighted by atomic mass is 32.2. The molecule has 2 heterocycles. The van der Waals surface area contributed by atoms with Crippen LogP contribution in [0.15, 0.2) is 71.8 Å². The molecule has 0 saturated carbocycles. The third-order valence-electron chi connectivity index (χ3n) is 5.68. The Morgan fingerprint density at radius 2 is 1.91 bits per heavy atom. The molecule has 9 heteroatoms. The lowest BCUT2D eigenvalue weighted by atomic mass is 10.1. The number of aromatic nitrogens is 1. The van der Waals surface area contributed by atoms with Gasteiger partial charge in [-0.3, -0.25) is 9.52 Å². The fourth-order valence-electron chi connectivity index (χ4n) is 3.83. The molecule has 178 valence electrons. The third kappa shape index (κ3) is 5.53. The summed E-state index contributed by atoms with van der Waals surface area (Å²) in [4.78, 5) is 19.2. The van der Waals surface area contributed by atoms with Gasteiger partial charge in [-0.1, -0.05) is 25.1 Å². The van der Waals surface area contributed by atoms with E-state index < -0.39 is 15.8 Å². The number of hydrogen-bond acceptors (Lipinski definition) is 5. The fraction of sp³-hybridized carbons (Fsp3) is 0.280. The predicted molar refractivity (Wildman–Crippen MR) is 127 cm³/mol.